The SMILES string of the molecule is Cc1cc(C)cc(C[C@@H](C)CN)c1. The lowest BCUT2D eigenvalue weighted by Crippen LogP contribution is -2.13. The molecule has 0 spiro atoms. The molecule has 2 N–H and O–H groups in total. The lowest BCUT2D eigenvalue weighted by molar-refractivity contribution is 0.592. The van der Waals surface area contributed by atoms with E-state index in [0.717, 1.165) is 13.0 Å². The van der Waals surface area contributed by atoms with Crippen molar-refractivity contribution in [3.05, 3.63) is 34.9 Å². The van der Waals surface area contributed by atoms with E-state index in [2.05, 4.69) is 39.0 Å². The van der Waals surface area contributed by atoms with Gasteiger partial charge in [-0.2, -0.15) is 0 Å². The Morgan fingerprint density at radius 3 is 2.15 bits per heavy atom. The topological polar surface area (TPSA) is 26.0 Å². The molecular weight excluding hydrogens is 158 g/mol. The highest BCUT2D eigenvalue weighted by molar-refractivity contribution is 5.28. The second-order valence-corrected chi connectivity index (χ2v) is 4.04. The van der Waals surface area contributed by atoms with Gasteiger partial charge < -0.3 is 5.73 Å². The summed E-state index contributed by atoms with van der Waals surface area (Å²) < 4.78 is 0. The molecule has 0 unspecified atom stereocenters. The van der Waals surface area contributed by atoms with E-state index in [-0.39, 0.29) is 0 Å². The molecule has 0 saturated carbocycles. The quantitative estimate of drug-likeness (QED) is 0.754. The smallest absolute Gasteiger partial charge is 0.00483 e. The minimum Gasteiger partial charge on any atom is -0.330 e. The highest BCUT2D eigenvalue weighted by Gasteiger charge is 2.01. The average Bonchev–Trinajstić information content (AvgIpc) is 2.02. The summed E-state index contributed by atoms with van der Waals surface area (Å²) >= 11 is 0. The van der Waals surface area contributed by atoms with Crippen LogP contribution in [0.4, 0.5) is 0 Å². The van der Waals surface area contributed by atoms with Crippen LogP contribution in [0.15, 0.2) is 18.2 Å². The summed E-state index contributed by atoms with van der Waals surface area (Å²) in [5, 5.41) is 0. The lowest BCUT2D eigenvalue weighted by Gasteiger charge is -2.09. The van der Waals surface area contributed by atoms with E-state index < -0.39 is 0 Å². The normalized spacial score (nSPS) is 12.9. The molecule has 72 valence electrons. The fourth-order valence-corrected chi connectivity index (χ4v) is 1.67. The van der Waals surface area contributed by atoms with Crippen molar-refractivity contribution in [3.63, 3.8) is 0 Å². The molecule has 0 aromatic heterocycles. The Morgan fingerprint density at radius 2 is 1.69 bits per heavy atom. The fraction of sp³-hybridized carbons (Fsp3) is 0.500. The molecular formula is C12H19N. The third-order valence-corrected chi connectivity index (χ3v) is 2.27. The van der Waals surface area contributed by atoms with Crippen LogP contribution in [0.1, 0.15) is 23.6 Å². The average molecular weight is 177 g/mol. The van der Waals surface area contributed by atoms with E-state index in [9.17, 15) is 0 Å². The van der Waals surface area contributed by atoms with Gasteiger partial charge >= 0.3 is 0 Å². The Kier molecular flexibility index (Phi) is 3.49. The minimum atomic E-state index is 0.584. The van der Waals surface area contributed by atoms with E-state index in [1.807, 2.05) is 0 Å². The highest BCUT2D eigenvalue weighted by atomic mass is 14.5. The molecule has 0 amide bonds. The summed E-state index contributed by atoms with van der Waals surface area (Å²) in [5.74, 6) is 0.584. The van der Waals surface area contributed by atoms with E-state index >= 15 is 0 Å². The van der Waals surface area contributed by atoms with Gasteiger partial charge in [0.05, 0.1) is 0 Å². The molecule has 0 aliphatic rings. The van der Waals surface area contributed by atoms with Crippen LogP contribution in [0.25, 0.3) is 0 Å². The predicted octanol–water partition coefficient (Wildman–Crippen LogP) is 2.44. The van der Waals surface area contributed by atoms with Crippen LogP contribution in [0.5, 0.6) is 0 Å². The van der Waals surface area contributed by atoms with Gasteiger partial charge in [-0.1, -0.05) is 36.2 Å². The van der Waals surface area contributed by atoms with Crippen LogP contribution < -0.4 is 5.73 Å². The number of hydrogen-bond donors (Lipinski definition) is 1. The van der Waals surface area contributed by atoms with Crippen molar-refractivity contribution in [1.29, 1.82) is 0 Å². The molecule has 0 heterocycles. The van der Waals surface area contributed by atoms with Crippen LogP contribution in [-0.4, -0.2) is 6.54 Å². The van der Waals surface area contributed by atoms with E-state index in [1.165, 1.54) is 16.7 Å². The molecule has 1 aromatic rings. The summed E-state index contributed by atoms with van der Waals surface area (Å²) in [6.07, 6.45) is 1.10. The second kappa shape index (κ2) is 4.43. The Morgan fingerprint density at radius 1 is 1.15 bits per heavy atom. The van der Waals surface area contributed by atoms with Gasteiger partial charge in [-0.25, -0.2) is 0 Å². The van der Waals surface area contributed by atoms with Gasteiger partial charge in [0.25, 0.3) is 0 Å². The van der Waals surface area contributed by atoms with Gasteiger partial charge in [-0.05, 0) is 38.3 Å². The van der Waals surface area contributed by atoms with Gasteiger partial charge in [-0.15, -0.1) is 0 Å². The zero-order valence-electron chi connectivity index (χ0n) is 8.80. The van der Waals surface area contributed by atoms with Crippen molar-refractivity contribution < 1.29 is 0 Å². The molecule has 0 aliphatic heterocycles. The Hall–Kier alpha value is -0.820. The molecule has 1 nitrogen and oxygen atoms in total. The summed E-state index contributed by atoms with van der Waals surface area (Å²) in [6.45, 7) is 7.25. The standard InChI is InChI=1S/C12H19N/c1-9-4-10(2)6-12(5-9)7-11(3)8-13/h4-6,11H,7-8,13H2,1-3H3/t11-/m1/s1. The molecule has 1 rings (SSSR count). The van der Waals surface area contributed by atoms with E-state index in [1.54, 1.807) is 0 Å². The van der Waals surface area contributed by atoms with Crippen LogP contribution in [-0.2, 0) is 6.42 Å². The molecule has 13 heavy (non-hydrogen) atoms. The van der Waals surface area contributed by atoms with Crippen LogP contribution >= 0.6 is 0 Å². The van der Waals surface area contributed by atoms with Crippen molar-refractivity contribution in [2.75, 3.05) is 6.54 Å². The first kappa shape index (κ1) is 10.3. The van der Waals surface area contributed by atoms with Crippen molar-refractivity contribution in [1.82, 2.24) is 0 Å². The molecule has 1 aromatic carbocycles. The number of nitrogens with two attached hydrogens (primary N) is 1. The minimum absolute atomic E-state index is 0.584. The highest BCUT2D eigenvalue weighted by Crippen LogP contribution is 2.12. The maximum Gasteiger partial charge on any atom is -0.00483 e. The molecule has 1 atom stereocenters. The zero-order chi connectivity index (χ0) is 9.84. The summed E-state index contributed by atoms with van der Waals surface area (Å²) in [4.78, 5) is 0. The van der Waals surface area contributed by atoms with Gasteiger partial charge in [0.15, 0.2) is 0 Å². The third kappa shape index (κ3) is 3.19. The van der Waals surface area contributed by atoms with Crippen LogP contribution in [0, 0.1) is 19.8 Å². The fourth-order valence-electron chi connectivity index (χ4n) is 1.67. The molecule has 0 bridgehead atoms. The number of aryl methyl sites for hydroxylation is 2. The Bertz CT molecular complexity index is 258. The Balaban J connectivity index is 2.77. The largest absolute Gasteiger partial charge is 0.330 e. The van der Waals surface area contributed by atoms with Crippen LogP contribution in [0.3, 0.4) is 0 Å². The lowest BCUT2D eigenvalue weighted by atomic mass is 9.98. The van der Waals surface area contributed by atoms with Crippen LogP contribution in [0.2, 0.25) is 0 Å². The first-order valence-electron chi connectivity index (χ1n) is 4.89. The van der Waals surface area contributed by atoms with Crippen molar-refractivity contribution in [2.45, 2.75) is 27.2 Å². The molecule has 0 radical (unpaired) electrons. The first-order chi connectivity index (χ1) is 6.11. The zero-order valence-corrected chi connectivity index (χ0v) is 8.80. The summed E-state index contributed by atoms with van der Waals surface area (Å²) in [7, 11) is 0. The summed E-state index contributed by atoms with van der Waals surface area (Å²) in [5.41, 5.74) is 9.70. The van der Waals surface area contributed by atoms with Gasteiger partial charge in [0.1, 0.15) is 0 Å². The maximum absolute atomic E-state index is 5.60. The predicted molar refractivity (Wildman–Crippen MR) is 57.8 cm³/mol. The maximum atomic E-state index is 5.60. The van der Waals surface area contributed by atoms with Crippen molar-refractivity contribution in [3.8, 4) is 0 Å². The van der Waals surface area contributed by atoms with E-state index in [4.69, 9.17) is 5.73 Å². The van der Waals surface area contributed by atoms with Crippen molar-refractivity contribution >= 4 is 0 Å². The van der Waals surface area contributed by atoms with Crippen molar-refractivity contribution in [2.24, 2.45) is 11.7 Å². The van der Waals surface area contributed by atoms with Gasteiger partial charge in [-0.3, -0.25) is 0 Å². The number of hydrogen-bond acceptors (Lipinski definition) is 1. The second-order valence-electron chi connectivity index (χ2n) is 4.04. The number of benzene rings is 1. The van der Waals surface area contributed by atoms with Gasteiger partial charge in [0.2, 0.25) is 0 Å². The Labute approximate surface area is 81.0 Å². The monoisotopic (exact) mass is 177 g/mol. The molecule has 1 heteroatoms. The van der Waals surface area contributed by atoms with Gasteiger partial charge in [0, 0.05) is 0 Å². The number of rotatable bonds is 3. The molecule has 0 fully saturated rings. The first-order valence-corrected chi connectivity index (χ1v) is 4.89. The molecule has 0 saturated heterocycles. The summed E-state index contributed by atoms with van der Waals surface area (Å²) in [6, 6.07) is 6.70. The third-order valence-electron chi connectivity index (χ3n) is 2.27. The molecule has 0 aliphatic carbocycles. The van der Waals surface area contributed by atoms with E-state index in [0.29, 0.717) is 5.92 Å².